The number of imidazole rings is 1. The van der Waals surface area contributed by atoms with Crippen molar-refractivity contribution >= 4 is 27.0 Å². The van der Waals surface area contributed by atoms with Gasteiger partial charge in [0.05, 0.1) is 21.8 Å². The number of hydrogen-bond acceptors (Lipinski definition) is 4. The van der Waals surface area contributed by atoms with Gasteiger partial charge in [0.2, 0.25) is 15.9 Å². The second-order valence-corrected chi connectivity index (χ2v) is 8.54. The van der Waals surface area contributed by atoms with Gasteiger partial charge in [-0.25, -0.2) is 13.2 Å². The highest BCUT2D eigenvalue weighted by Crippen LogP contribution is 2.29. The minimum absolute atomic E-state index is 0.0879. The fraction of sp³-hybridized carbons (Fsp3) is 0.500. The summed E-state index contributed by atoms with van der Waals surface area (Å²) in [6, 6.07) is 4.42. The van der Waals surface area contributed by atoms with E-state index in [4.69, 9.17) is 5.73 Å². The first-order chi connectivity index (χ1) is 11.6. The molecule has 0 saturated carbocycles. The number of piperidine rings is 1. The molecule has 2 unspecified atom stereocenters. The second-order valence-electron chi connectivity index (χ2n) is 6.65. The monoisotopic (exact) mass is 366 g/mol. The molecule has 0 bridgehead atoms. The molecule has 0 radical (unpaired) electrons. The number of sulfonamides is 1. The number of fused-ring (bicyclic) bond motifs is 1. The van der Waals surface area contributed by atoms with Crippen LogP contribution in [-0.4, -0.2) is 40.4 Å². The van der Waals surface area contributed by atoms with Crippen LogP contribution in [0.2, 0.25) is 0 Å². The van der Waals surface area contributed by atoms with E-state index in [1.807, 2.05) is 6.92 Å². The molecule has 1 aromatic carbocycles. The number of aromatic nitrogens is 2. The highest BCUT2D eigenvalue weighted by Gasteiger charge is 2.37. The quantitative estimate of drug-likeness (QED) is 0.834. The Labute approximate surface area is 145 Å². The SMILES string of the molecule is CC1CCC(C(N)=O)CN1S(=O)(=O)c1ccc2c(c1)n(C)c(=O)n2C. The lowest BCUT2D eigenvalue weighted by Crippen LogP contribution is -2.48. The molecule has 9 heteroatoms. The summed E-state index contributed by atoms with van der Waals surface area (Å²) in [5.74, 6) is -0.955. The molecule has 0 aliphatic carbocycles. The van der Waals surface area contributed by atoms with E-state index in [1.54, 1.807) is 20.2 Å². The van der Waals surface area contributed by atoms with Gasteiger partial charge >= 0.3 is 5.69 Å². The van der Waals surface area contributed by atoms with Crippen LogP contribution in [0.15, 0.2) is 27.9 Å². The summed E-state index contributed by atoms with van der Waals surface area (Å²) in [5.41, 5.74) is 6.36. The van der Waals surface area contributed by atoms with Crippen molar-refractivity contribution in [1.29, 1.82) is 0 Å². The average Bonchev–Trinajstić information content (AvgIpc) is 2.79. The van der Waals surface area contributed by atoms with E-state index in [0.29, 0.717) is 23.9 Å². The topological polar surface area (TPSA) is 107 Å². The van der Waals surface area contributed by atoms with E-state index in [-0.39, 0.29) is 23.2 Å². The Morgan fingerprint density at radius 3 is 2.44 bits per heavy atom. The molecule has 1 aliphatic heterocycles. The largest absolute Gasteiger partial charge is 0.369 e. The Hall–Kier alpha value is -2.13. The Morgan fingerprint density at radius 2 is 1.80 bits per heavy atom. The minimum atomic E-state index is -3.79. The number of hydrogen-bond donors (Lipinski definition) is 1. The summed E-state index contributed by atoms with van der Waals surface area (Å²) >= 11 is 0. The fourth-order valence-electron chi connectivity index (χ4n) is 3.42. The van der Waals surface area contributed by atoms with Gasteiger partial charge in [0, 0.05) is 26.7 Å². The number of nitrogens with zero attached hydrogens (tertiary/aromatic N) is 3. The van der Waals surface area contributed by atoms with Crippen molar-refractivity contribution in [3.63, 3.8) is 0 Å². The zero-order valence-corrected chi connectivity index (χ0v) is 15.3. The maximum absolute atomic E-state index is 13.1. The van der Waals surface area contributed by atoms with Crippen LogP contribution in [0.3, 0.4) is 0 Å². The van der Waals surface area contributed by atoms with Gasteiger partial charge in [-0.15, -0.1) is 0 Å². The van der Waals surface area contributed by atoms with Gasteiger partial charge in [-0.05, 0) is 38.0 Å². The Morgan fingerprint density at radius 1 is 1.16 bits per heavy atom. The molecule has 1 fully saturated rings. The summed E-state index contributed by atoms with van der Waals surface area (Å²) in [4.78, 5) is 23.6. The van der Waals surface area contributed by atoms with Crippen LogP contribution in [-0.2, 0) is 28.9 Å². The first-order valence-electron chi connectivity index (χ1n) is 8.11. The van der Waals surface area contributed by atoms with E-state index < -0.39 is 21.8 Å². The van der Waals surface area contributed by atoms with Crippen molar-refractivity contribution in [2.24, 2.45) is 25.7 Å². The molecule has 2 N–H and O–H groups in total. The molecule has 2 atom stereocenters. The van der Waals surface area contributed by atoms with Crippen LogP contribution >= 0.6 is 0 Å². The number of nitrogens with two attached hydrogens (primary N) is 1. The van der Waals surface area contributed by atoms with E-state index in [1.165, 1.54) is 25.6 Å². The zero-order chi connectivity index (χ0) is 18.5. The standard InChI is InChI=1S/C16H22N4O4S/c1-10-4-5-11(15(17)21)9-20(10)25(23,24)12-6-7-13-14(8-12)19(3)16(22)18(13)2/h6-8,10-11H,4-5,9H2,1-3H3,(H2,17,21). The van der Waals surface area contributed by atoms with Gasteiger partial charge in [-0.3, -0.25) is 13.9 Å². The number of carbonyl (C=O) groups is 1. The lowest BCUT2D eigenvalue weighted by molar-refractivity contribution is -0.123. The lowest BCUT2D eigenvalue weighted by Gasteiger charge is -2.35. The average molecular weight is 366 g/mol. The predicted molar refractivity (Wildman–Crippen MR) is 93.4 cm³/mol. The molecule has 2 heterocycles. The molecule has 1 aromatic heterocycles. The van der Waals surface area contributed by atoms with E-state index >= 15 is 0 Å². The number of benzene rings is 1. The molecular formula is C16H22N4O4S. The highest BCUT2D eigenvalue weighted by molar-refractivity contribution is 7.89. The molecule has 1 aliphatic rings. The summed E-state index contributed by atoms with van der Waals surface area (Å²) in [7, 11) is -0.542. The first-order valence-corrected chi connectivity index (χ1v) is 9.55. The number of rotatable bonds is 3. The van der Waals surface area contributed by atoms with Gasteiger partial charge in [-0.2, -0.15) is 4.31 Å². The van der Waals surface area contributed by atoms with Crippen molar-refractivity contribution in [1.82, 2.24) is 13.4 Å². The third-order valence-electron chi connectivity index (χ3n) is 5.08. The number of primary amides is 1. The van der Waals surface area contributed by atoms with Crippen molar-refractivity contribution < 1.29 is 13.2 Å². The lowest BCUT2D eigenvalue weighted by atomic mass is 9.95. The summed E-state index contributed by atoms with van der Waals surface area (Å²) in [6.07, 6.45) is 1.17. The Kier molecular flexibility index (Phi) is 4.24. The van der Waals surface area contributed by atoms with Crippen LogP contribution in [0.5, 0.6) is 0 Å². The first kappa shape index (κ1) is 17.7. The molecule has 25 heavy (non-hydrogen) atoms. The number of amides is 1. The molecule has 3 rings (SSSR count). The maximum atomic E-state index is 13.1. The van der Waals surface area contributed by atoms with E-state index in [9.17, 15) is 18.0 Å². The summed E-state index contributed by atoms with van der Waals surface area (Å²) < 4.78 is 30.4. The predicted octanol–water partition coefficient (Wildman–Crippen LogP) is 0.152. The van der Waals surface area contributed by atoms with Gasteiger partial charge in [0.15, 0.2) is 0 Å². The van der Waals surface area contributed by atoms with Crippen molar-refractivity contribution in [3.05, 3.63) is 28.7 Å². The van der Waals surface area contributed by atoms with Crippen LogP contribution < -0.4 is 11.4 Å². The third-order valence-corrected chi connectivity index (χ3v) is 7.05. The molecule has 0 spiro atoms. The van der Waals surface area contributed by atoms with Gasteiger partial charge in [0.25, 0.3) is 0 Å². The van der Waals surface area contributed by atoms with E-state index in [0.717, 1.165) is 0 Å². The van der Waals surface area contributed by atoms with Gasteiger partial charge in [-0.1, -0.05) is 0 Å². The van der Waals surface area contributed by atoms with Crippen molar-refractivity contribution in [3.8, 4) is 0 Å². The highest BCUT2D eigenvalue weighted by atomic mass is 32.2. The normalized spacial score (nSPS) is 22.4. The smallest absolute Gasteiger partial charge is 0.328 e. The molecule has 1 saturated heterocycles. The molecule has 1 amide bonds. The summed E-state index contributed by atoms with van der Waals surface area (Å²) in [5, 5.41) is 0. The zero-order valence-electron chi connectivity index (χ0n) is 14.5. The Balaban J connectivity index is 2.07. The van der Waals surface area contributed by atoms with Crippen LogP contribution in [0.25, 0.3) is 11.0 Å². The van der Waals surface area contributed by atoms with Crippen LogP contribution in [0.4, 0.5) is 0 Å². The third kappa shape index (κ3) is 2.77. The van der Waals surface area contributed by atoms with Gasteiger partial charge in [0.1, 0.15) is 0 Å². The molecule has 8 nitrogen and oxygen atoms in total. The van der Waals surface area contributed by atoms with Crippen LogP contribution in [0.1, 0.15) is 19.8 Å². The maximum Gasteiger partial charge on any atom is 0.328 e. The molecule has 136 valence electrons. The fourth-order valence-corrected chi connectivity index (χ4v) is 5.15. The number of carbonyl (C=O) groups excluding carboxylic acids is 1. The van der Waals surface area contributed by atoms with Crippen molar-refractivity contribution in [2.75, 3.05) is 6.54 Å². The Bertz CT molecular complexity index is 1010. The molecular weight excluding hydrogens is 344 g/mol. The minimum Gasteiger partial charge on any atom is -0.369 e. The van der Waals surface area contributed by atoms with Crippen LogP contribution in [0, 0.1) is 5.92 Å². The molecule has 2 aromatic rings. The second kappa shape index (κ2) is 5.99. The number of aryl methyl sites for hydroxylation is 2. The van der Waals surface area contributed by atoms with Gasteiger partial charge < -0.3 is 5.73 Å². The van der Waals surface area contributed by atoms with E-state index in [2.05, 4.69) is 0 Å². The van der Waals surface area contributed by atoms with Crippen molar-refractivity contribution in [2.45, 2.75) is 30.7 Å². The summed E-state index contributed by atoms with van der Waals surface area (Å²) in [6.45, 7) is 1.91.